The summed E-state index contributed by atoms with van der Waals surface area (Å²) in [5, 5.41) is 10.7. The zero-order valence-electron chi connectivity index (χ0n) is 15.7. The van der Waals surface area contributed by atoms with Gasteiger partial charge in [0.1, 0.15) is 10.6 Å². The van der Waals surface area contributed by atoms with Gasteiger partial charge >= 0.3 is 11.8 Å². The molecule has 1 aliphatic heterocycles. The lowest BCUT2D eigenvalue weighted by Gasteiger charge is -2.37. The molecular formula is C19H22N6O2S. The Bertz CT molecular complexity index is 1010. The fraction of sp³-hybridized carbons (Fsp3) is 0.368. The number of nitrogens with two attached hydrogens (primary N) is 1. The first-order valence-corrected chi connectivity index (χ1v) is 10.0. The van der Waals surface area contributed by atoms with E-state index in [-0.39, 0.29) is 6.04 Å². The summed E-state index contributed by atoms with van der Waals surface area (Å²) in [6, 6.07) is 3.65. The molecule has 0 radical (unpaired) electrons. The average Bonchev–Trinajstić information content (AvgIpc) is 3.26. The summed E-state index contributed by atoms with van der Waals surface area (Å²) in [6.45, 7) is 4.46. The third kappa shape index (κ3) is 3.45. The second-order valence-corrected chi connectivity index (χ2v) is 8.42. The maximum Gasteiger partial charge on any atom is 0.313 e. The molecule has 1 saturated heterocycles. The number of nitrogens with zero attached hydrogens (tertiary/aromatic N) is 3. The van der Waals surface area contributed by atoms with E-state index in [4.69, 9.17) is 5.73 Å². The van der Waals surface area contributed by atoms with Gasteiger partial charge in [-0.1, -0.05) is 6.92 Å². The summed E-state index contributed by atoms with van der Waals surface area (Å²) in [7, 11) is 0. The standard InChI is InChI=1S/C19H22N6O2S/c1-10-3-4-14(15-6-12-7-22-24-18(12)28-15)25(9-10)19(27)17(26)23-13-5-11(2)16(20)21-8-13/h5-8,10,14H,3-4,9H2,1-2H3,(H2,20,21)(H,22,24)(H,23,26). The highest BCUT2D eigenvalue weighted by Crippen LogP contribution is 2.38. The first-order chi connectivity index (χ1) is 13.4. The minimum Gasteiger partial charge on any atom is -0.383 e. The van der Waals surface area contributed by atoms with Crippen molar-refractivity contribution in [2.75, 3.05) is 17.6 Å². The monoisotopic (exact) mass is 398 g/mol. The molecule has 0 saturated carbocycles. The van der Waals surface area contributed by atoms with Crippen LogP contribution in [0.1, 0.15) is 36.2 Å². The predicted molar refractivity (Wildman–Crippen MR) is 109 cm³/mol. The number of anilines is 2. The van der Waals surface area contributed by atoms with Crippen molar-refractivity contribution in [2.45, 2.75) is 32.7 Å². The van der Waals surface area contributed by atoms with Gasteiger partial charge in [-0.15, -0.1) is 11.3 Å². The summed E-state index contributed by atoms with van der Waals surface area (Å²) >= 11 is 1.58. The highest BCUT2D eigenvalue weighted by atomic mass is 32.1. The molecule has 4 heterocycles. The van der Waals surface area contributed by atoms with Crippen molar-refractivity contribution in [3.05, 3.63) is 35.0 Å². The number of thiophene rings is 1. The maximum atomic E-state index is 13.0. The van der Waals surface area contributed by atoms with E-state index >= 15 is 0 Å². The summed E-state index contributed by atoms with van der Waals surface area (Å²) in [4.78, 5) is 33.4. The number of nitrogen functional groups attached to an aromatic ring is 1. The Morgan fingerprint density at radius 2 is 2.14 bits per heavy atom. The second kappa shape index (κ2) is 7.23. The number of H-pyrrole nitrogens is 1. The van der Waals surface area contributed by atoms with Gasteiger partial charge in [0.15, 0.2) is 0 Å². The van der Waals surface area contributed by atoms with E-state index in [1.807, 2.05) is 0 Å². The third-order valence-corrected chi connectivity index (χ3v) is 6.28. The van der Waals surface area contributed by atoms with Crippen LogP contribution in [0.3, 0.4) is 0 Å². The Labute approximate surface area is 166 Å². The number of piperidine rings is 1. The summed E-state index contributed by atoms with van der Waals surface area (Å²) in [6.07, 6.45) is 5.08. The van der Waals surface area contributed by atoms with Gasteiger partial charge in [0, 0.05) is 16.8 Å². The van der Waals surface area contributed by atoms with Gasteiger partial charge in [-0.3, -0.25) is 14.7 Å². The molecule has 4 rings (SSSR count). The smallest absolute Gasteiger partial charge is 0.313 e. The number of fused-ring (bicyclic) bond motifs is 1. The molecule has 1 fully saturated rings. The molecule has 2 amide bonds. The Morgan fingerprint density at radius 1 is 1.32 bits per heavy atom. The molecule has 146 valence electrons. The van der Waals surface area contributed by atoms with E-state index in [1.54, 1.807) is 35.4 Å². The van der Waals surface area contributed by atoms with E-state index in [0.717, 1.165) is 33.5 Å². The van der Waals surface area contributed by atoms with Crippen LogP contribution in [0, 0.1) is 12.8 Å². The summed E-state index contributed by atoms with van der Waals surface area (Å²) in [5.41, 5.74) is 6.92. The van der Waals surface area contributed by atoms with Crippen LogP contribution in [0.2, 0.25) is 0 Å². The molecule has 3 aromatic rings. The van der Waals surface area contributed by atoms with Gasteiger partial charge in [0.25, 0.3) is 0 Å². The fourth-order valence-corrected chi connectivity index (χ4v) is 4.71. The van der Waals surface area contributed by atoms with Gasteiger partial charge in [0.2, 0.25) is 0 Å². The van der Waals surface area contributed by atoms with Crippen LogP contribution in [0.25, 0.3) is 10.2 Å². The number of rotatable bonds is 2. The van der Waals surface area contributed by atoms with Crippen LogP contribution in [0.15, 0.2) is 24.5 Å². The lowest BCUT2D eigenvalue weighted by molar-refractivity contribution is -0.146. The summed E-state index contributed by atoms with van der Waals surface area (Å²) in [5.74, 6) is -0.438. The van der Waals surface area contributed by atoms with Crippen LogP contribution in [-0.2, 0) is 9.59 Å². The minimum absolute atomic E-state index is 0.105. The van der Waals surface area contributed by atoms with Crippen LogP contribution < -0.4 is 11.1 Å². The lowest BCUT2D eigenvalue weighted by atomic mass is 9.93. The van der Waals surface area contributed by atoms with E-state index < -0.39 is 11.8 Å². The van der Waals surface area contributed by atoms with Crippen molar-refractivity contribution in [1.82, 2.24) is 20.1 Å². The van der Waals surface area contributed by atoms with E-state index in [2.05, 4.69) is 33.5 Å². The van der Waals surface area contributed by atoms with Crippen molar-refractivity contribution in [2.24, 2.45) is 5.92 Å². The molecule has 4 N–H and O–H groups in total. The van der Waals surface area contributed by atoms with Gasteiger partial charge in [-0.2, -0.15) is 5.10 Å². The largest absolute Gasteiger partial charge is 0.383 e. The number of carbonyl (C=O) groups is 2. The van der Waals surface area contributed by atoms with E-state index in [9.17, 15) is 9.59 Å². The number of nitrogens with one attached hydrogen (secondary N) is 2. The molecule has 3 aromatic heterocycles. The Kier molecular flexibility index (Phi) is 4.76. The van der Waals surface area contributed by atoms with Gasteiger partial charge in [0.05, 0.1) is 24.1 Å². The van der Waals surface area contributed by atoms with E-state index in [0.29, 0.717) is 24.0 Å². The molecule has 28 heavy (non-hydrogen) atoms. The first-order valence-electron chi connectivity index (χ1n) is 9.19. The molecular weight excluding hydrogens is 376 g/mol. The predicted octanol–water partition coefficient (Wildman–Crippen LogP) is 2.85. The van der Waals surface area contributed by atoms with Crippen LogP contribution in [0.5, 0.6) is 0 Å². The highest BCUT2D eigenvalue weighted by molar-refractivity contribution is 7.18. The van der Waals surface area contributed by atoms with Crippen LogP contribution >= 0.6 is 11.3 Å². The molecule has 0 spiro atoms. The molecule has 0 bridgehead atoms. The minimum atomic E-state index is -0.658. The topological polar surface area (TPSA) is 117 Å². The molecule has 2 unspecified atom stereocenters. The number of aromatic amines is 1. The normalized spacial score (nSPS) is 19.7. The number of aryl methyl sites for hydroxylation is 1. The van der Waals surface area contributed by atoms with Crippen LogP contribution in [-0.4, -0.2) is 38.4 Å². The maximum absolute atomic E-state index is 13.0. The quantitative estimate of drug-likeness (QED) is 0.574. The number of pyridine rings is 1. The van der Waals surface area contributed by atoms with Gasteiger partial charge in [-0.25, -0.2) is 4.98 Å². The van der Waals surface area contributed by atoms with Crippen molar-refractivity contribution >= 4 is 44.9 Å². The molecule has 8 nitrogen and oxygen atoms in total. The molecule has 0 aromatic carbocycles. The first kappa shape index (κ1) is 18.4. The number of likely N-dealkylation sites (tertiary alicyclic amines) is 1. The van der Waals surface area contributed by atoms with Crippen LogP contribution in [0.4, 0.5) is 11.5 Å². The number of hydrogen-bond acceptors (Lipinski definition) is 6. The third-order valence-electron chi connectivity index (χ3n) is 5.13. The van der Waals surface area contributed by atoms with Crippen molar-refractivity contribution < 1.29 is 9.59 Å². The number of carbonyl (C=O) groups excluding carboxylic acids is 2. The average molecular weight is 398 g/mol. The molecule has 1 aliphatic rings. The van der Waals surface area contributed by atoms with Crippen molar-refractivity contribution in [1.29, 1.82) is 0 Å². The number of amides is 2. The van der Waals surface area contributed by atoms with Gasteiger partial charge < -0.3 is 16.0 Å². The summed E-state index contributed by atoms with van der Waals surface area (Å²) < 4.78 is 0. The lowest BCUT2D eigenvalue weighted by Crippen LogP contribution is -2.46. The van der Waals surface area contributed by atoms with E-state index in [1.165, 1.54) is 6.20 Å². The van der Waals surface area contributed by atoms with Crippen molar-refractivity contribution in [3.63, 3.8) is 0 Å². The Balaban J connectivity index is 1.56. The SMILES string of the molecule is Cc1cc(NC(=O)C(=O)N2CC(C)CCC2c2cc3cn[nH]c3s2)cnc1N. The zero-order valence-corrected chi connectivity index (χ0v) is 16.5. The Morgan fingerprint density at radius 3 is 2.89 bits per heavy atom. The molecule has 2 atom stereocenters. The molecule has 0 aliphatic carbocycles. The van der Waals surface area contributed by atoms with Crippen molar-refractivity contribution in [3.8, 4) is 0 Å². The molecule has 9 heteroatoms. The Hall–Kier alpha value is -2.94. The zero-order chi connectivity index (χ0) is 19.8. The number of aromatic nitrogens is 3. The highest BCUT2D eigenvalue weighted by Gasteiger charge is 2.35. The fourth-order valence-electron chi connectivity index (χ4n) is 3.57. The number of hydrogen-bond donors (Lipinski definition) is 3. The van der Waals surface area contributed by atoms with Gasteiger partial charge in [-0.05, 0) is 43.4 Å². The second-order valence-electron chi connectivity index (χ2n) is 7.34.